The van der Waals surface area contributed by atoms with Gasteiger partial charge in [0.25, 0.3) is 11.8 Å². The van der Waals surface area contributed by atoms with Crippen LogP contribution in [0.4, 0.5) is 0 Å². The molecule has 5 nitrogen and oxygen atoms in total. The molecule has 0 aliphatic carbocycles. The molecule has 2 heterocycles. The minimum absolute atomic E-state index is 0.222. The molecule has 1 N–H and O–H groups in total. The van der Waals surface area contributed by atoms with Crippen LogP contribution < -0.4 is 5.32 Å². The lowest BCUT2D eigenvalue weighted by Gasteiger charge is -2.27. The Morgan fingerprint density at radius 2 is 1.68 bits per heavy atom. The van der Waals surface area contributed by atoms with Crippen LogP contribution in [0, 0.1) is 0 Å². The fraction of sp³-hybridized carbons (Fsp3) is 0.167. The van der Waals surface area contributed by atoms with Gasteiger partial charge >= 0.3 is 0 Å². The number of nitrogens with zero attached hydrogens (tertiary/aromatic N) is 1. The SMILES string of the molecule is O=C(N/C(=C\c1ccc(-c2ccccc2Cl)s1)C(=O)N1CCOCC1)c1ccccc1. The lowest BCUT2D eigenvalue weighted by atomic mass is 10.2. The molecule has 158 valence electrons. The molecule has 0 radical (unpaired) electrons. The van der Waals surface area contributed by atoms with E-state index in [0.717, 1.165) is 15.3 Å². The summed E-state index contributed by atoms with van der Waals surface area (Å²) in [6, 6.07) is 20.4. The average molecular weight is 453 g/mol. The molecule has 4 rings (SSSR count). The van der Waals surface area contributed by atoms with Crippen molar-refractivity contribution in [1.29, 1.82) is 0 Å². The van der Waals surface area contributed by atoms with Gasteiger partial charge in [-0.3, -0.25) is 9.59 Å². The summed E-state index contributed by atoms with van der Waals surface area (Å²) in [5.74, 6) is -0.545. The number of ether oxygens (including phenoxy) is 1. The smallest absolute Gasteiger partial charge is 0.270 e. The summed E-state index contributed by atoms with van der Waals surface area (Å²) in [5.41, 5.74) is 1.66. The number of amides is 2. The first-order valence-corrected chi connectivity index (χ1v) is 11.1. The maximum absolute atomic E-state index is 13.2. The van der Waals surface area contributed by atoms with Crippen molar-refractivity contribution in [2.75, 3.05) is 26.3 Å². The Labute approximate surface area is 189 Å². The molecule has 0 unspecified atom stereocenters. The second kappa shape index (κ2) is 9.92. The van der Waals surface area contributed by atoms with E-state index in [1.165, 1.54) is 11.3 Å². The van der Waals surface area contributed by atoms with E-state index >= 15 is 0 Å². The normalized spacial score (nSPS) is 14.4. The number of benzene rings is 2. The van der Waals surface area contributed by atoms with Gasteiger partial charge in [-0.05, 0) is 36.4 Å². The maximum Gasteiger partial charge on any atom is 0.270 e. The first-order chi connectivity index (χ1) is 15.1. The van der Waals surface area contributed by atoms with Crippen LogP contribution in [0.25, 0.3) is 16.5 Å². The molecule has 1 saturated heterocycles. The van der Waals surface area contributed by atoms with E-state index < -0.39 is 0 Å². The summed E-state index contributed by atoms with van der Waals surface area (Å²) < 4.78 is 5.35. The monoisotopic (exact) mass is 452 g/mol. The van der Waals surface area contributed by atoms with Crippen molar-refractivity contribution in [2.45, 2.75) is 0 Å². The summed E-state index contributed by atoms with van der Waals surface area (Å²) in [7, 11) is 0. The zero-order valence-electron chi connectivity index (χ0n) is 16.7. The molecule has 2 aromatic carbocycles. The van der Waals surface area contributed by atoms with Crippen LogP contribution in [0.3, 0.4) is 0 Å². The zero-order valence-corrected chi connectivity index (χ0v) is 18.3. The molecule has 0 spiro atoms. The maximum atomic E-state index is 13.2. The number of hydrogen-bond acceptors (Lipinski definition) is 4. The van der Waals surface area contributed by atoms with Crippen molar-refractivity contribution in [3.63, 3.8) is 0 Å². The molecule has 0 atom stereocenters. The van der Waals surface area contributed by atoms with E-state index in [1.54, 1.807) is 35.2 Å². The molecular formula is C24H21ClN2O3S. The summed E-state index contributed by atoms with van der Waals surface area (Å²) >= 11 is 7.83. The van der Waals surface area contributed by atoms with Crippen molar-refractivity contribution < 1.29 is 14.3 Å². The molecule has 31 heavy (non-hydrogen) atoms. The highest BCUT2D eigenvalue weighted by atomic mass is 35.5. The van der Waals surface area contributed by atoms with E-state index in [4.69, 9.17) is 16.3 Å². The number of carbonyl (C=O) groups excluding carboxylic acids is 2. The quantitative estimate of drug-likeness (QED) is 0.571. The standard InChI is InChI=1S/C24H21ClN2O3S/c25-20-9-5-4-8-19(20)22-11-10-18(31-22)16-21(24(29)27-12-14-30-15-13-27)26-23(28)17-6-2-1-3-7-17/h1-11,16H,12-15H2,(H,26,28)/b21-16-. The van der Waals surface area contributed by atoms with E-state index in [1.807, 2.05) is 42.5 Å². The largest absolute Gasteiger partial charge is 0.378 e. The van der Waals surface area contributed by atoms with Gasteiger partial charge in [0.15, 0.2) is 0 Å². The van der Waals surface area contributed by atoms with Crippen LogP contribution >= 0.6 is 22.9 Å². The highest BCUT2D eigenvalue weighted by Crippen LogP contribution is 2.34. The third kappa shape index (κ3) is 5.22. The van der Waals surface area contributed by atoms with Crippen LogP contribution in [0.5, 0.6) is 0 Å². The topological polar surface area (TPSA) is 58.6 Å². The van der Waals surface area contributed by atoms with E-state index in [2.05, 4.69) is 5.32 Å². The van der Waals surface area contributed by atoms with Crippen LogP contribution in [0.1, 0.15) is 15.2 Å². The molecule has 1 aromatic heterocycles. The third-order valence-corrected chi connectivity index (χ3v) is 6.26. The number of rotatable bonds is 5. The lowest BCUT2D eigenvalue weighted by molar-refractivity contribution is -0.131. The van der Waals surface area contributed by atoms with Gasteiger partial charge in [-0.1, -0.05) is 48.0 Å². The van der Waals surface area contributed by atoms with Crippen molar-refractivity contribution in [3.05, 3.63) is 87.9 Å². The van der Waals surface area contributed by atoms with Crippen molar-refractivity contribution in [3.8, 4) is 10.4 Å². The minimum atomic E-state index is -0.323. The molecule has 7 heteroatoms. The Hall–Kier alpha value is -2.93. The second-order valence-electron chi connectivity index (χ2n) is 6.96. The summed E-state index contributed by atoms with van der Waals surface area (Å²) in [6.45, 7) is 1.96. The van der Waals surface area contributed by atoms with Gasteiger partial charge in [-0.2, -0.15) is 0 Å². The van der Waals surface area contributed by atoms with Crippen LogP contribution in [0.15, 0.2) is 72.4 Å². The molecular weight excluding hydrogens is 432 g/mol. The van der Waals surface area contributed by atoms with Gasteiger partial charge in [0.2, 0.25) is 0 Å². The van der Waals surface area contributed by atoms with E-state index in [0.29, 0.717) is 36.9 Å². The Bertz CT molecular complexity index is 1100. The highest BCUT2D eigenvalue weighted by molar-refractivity contribution is 7.16. The number of morpholine rings is 1. The first-order valence-electron chi connectivity index (χ1n) is 9.91. The van der Waals surface area contributed by atoms with Crippen LogP contribution in [-0.2, 0) is 9.53 Å². The Morgan fingerprint density at radius 3 is 2.42 bits per heavy atom. The number of nitrogens with one attached hydrogen (secondary N) is 1. The van der Waals surface area contributed by atoms with E-state index in [-0.39, 0.29) is 17.5 Å². The van der Waals surface area contributed by atoms with Crippen molar-refractivity contribution in [1.82, 2.24) is 10.2 Å². The zero-order chi connectivity index (χ0) is 21.6. The first kappa shape index (κ1) is 21.3. The van der Waals surface area contributed by atoms with Gasteiger partial charge in [0, 0.05) is 39.0 Å². The number of halogens is 1. The Kier molecular flexibility index (Phi) is 6.82. The van der Waals surface area contributed by atoms with Crippen LogP contribution in [0.2, 0.25) is 5.02 Å². The van der Waals surface area contributed by atoms with E-state index in [9.17, 15) is 9.59 Å². The molecule has 1 fully saturated rings. The average Bonchev–Trinajstić information content (AvgIpc) is 3.28. The molecule has 0 saturated carbocycles. The number of carbonyl (C=O) groups is 2. The third-order valence-electron chi connectivity index (χ3n) is 4.87. The molecule has 3 aromatic rings. The van der Waals surface area contributed by atoms with Gasteiger partial charge < -0.3 is 15.0 Å². The van der Waals surface area contributed by atoms with Crippen LogP contribution in [-0.4, -0.2) is 43.0 Å². The molecule has 0 bridgehead atoms. The molecule has 1 aliphatic heterocycles. The Balaban J connectivity index is 1.63. The summed E-state index contributed by atoms with van der Waals surface area (Å²) in [4.78, 5) is 29.4. The summed E-state index contributed by atoms with van der Waals surface area (Å²) in [6.07, 6.45) is 1.73. The summed E-state index contributed by atoms with van der Waals surface area (Å²) in [5, 5.41) is 3.48. The molecule has 2 amide bonds. The van der Waals surface area contributed by atoms with Gasteiger partial charge in [0.05, 0.1) is 13.2 Å². The van der Waals surface area contributed by atoms with Gasteiger partial charge in [0.1, 0.15) is 5.70 Å². The second-order valence-corrected chi connectivity index (χ2v) is 8.49. The van der Waals surface area contributed by atoms with Gasteiger partial charge in [-0.25, -0.2) is 0 Å². The number of hydrogen-bond donors (Lipinski definition) is 1. The fourth-order valence-electron chi connectivity index (χ4n) is 3.25. The van der Waals surface area contributed by atoms with Crippen molar-refractivity contribution >= 4 is 40.8 Å². The fourth-order valence-corrected chi connectivity index (χ4v) is 4.53. The highest BCUT2D eigenvalue weighted by Gasteiger charge is 2.23. The van der Waals surface area contributed by atoms with Gasteiger partial charge in [-0.15, -0.1) is 11.3 Å². The van der Waals surface area contributed by atoms with Crippen molar-refractivity contribution in [2.24, 2.45) is 0 Å². The predicted molar refractivity (Wildman–Crippen MR) is 124 cm³/mol. The lowest BCUT2D eigenvalue weighted by Crippen LogP contribution is -2.44. The predicted octanol–water partition coefficient (Wildman–Crippen LogP) is 4.70. The number of thiophene rings is 1. The Morgan fingerprint density at radius 1 is 0.968 bits per heavy atom. The molecule has 1 aliphatic rings. The minimum Gasteiger partial charge on any atom is -0.378 e.